The van der Waals surface area contributed by atoms with Crippen molar-refractivity contribution in [2.24, 2.45) is 17.8 Å². The molecule has 44 heavy (non-hydrogen) atoms. The minimum atomic E-state index is -0.841. The maximum absolute atomic E-state index is 13.8. The standard InChI is InChI=1S/C37H42N2O5/c1-5-25(20-26-17-23(3)35(42)24(4)18-26)11-16-32(41)33-22(2)19-30-34(31(33)21-40)37(44)39(36(30)43)29-14-12-28(13-15-29)38-27-9-7-6-8-10-27/h6-10,12-15,17-18,20,30-32,34,38,40-42H,5,11,16,19,21H2,1-4H3/b25-20+/t30-,31+,32-,34-/m1/s1. The molecular weight excluding hydrogens is 552 g/mol. The number of carbonyl (C=O) groups excluding carboxylic acids is 2. The third kappa shape index (κ3) is 6.21. The van der Waals surface area contributed by atoms with Crippen molar-refractivity contribution in [3.63, 3.8) is 0 Å². The zero-order valence-electron chi connectivity index (χ0n) is 25.9. The van der Waals surface area contributed by atoms with Crippen molar-refractivity contribution in [3.05, 3.63) is 100 Å². The molecule has 230 valence electrons. The Kier molecular flexibility index (Phi) is 9.37. The van der Waals surface area contributed by atoms with E-state index in [1.807, 2.05) is 75.4 Å². The summed E-state index contributed by atoms with van der Waals surface area (Å²) in [5, 5.41) is 35.4. The van der Waals surface area contributed by atoms with E-state index in [1.54, 1.807) is 12.1 Å². The third-order valence-corrected chi connectivity index (χ3v) is 9.15. The summed E-state index contributed by atoms with van der Waals surface area (Å²) in [5.74, 6) is -2.19. The first kappa shape index (κ1) is 31.2. The van der Waals surface area contributed by atoms with Gasteiger partial charge < -0.3 is 20.6 Å². The van der Waals surface area contributed by atoms with E-state index >= 15 is 0 Å². The van der Waals surface area contributed by atoms with Crippen molar-refractivity contribution in [2.75, 3.05) is 16.8 Å². The van der Waals surface area contributed by atoms with Gasteiger partial charge in [-0.3, -0.25) is 14.5 Å². The largest absolute Gasteiger partial charge is 0.507 e. The highest BCUT2D eigenvalue weighted by molar-refractivity contribution is 6.22. The van der Waals surface area contributed by atoms with Gasteiger partial charge in [-0.05, 0) is 117 Å². The number of aliphatic hydroxyl groups excluding tert-OH is 2. The van der Waals surface area contributed by atoms with Gasteiger partial charge in [0.15, 0.2) is 0 Å². The number of fused-ring (bicyclic) bond motifs is 1. The molecule has 7 heteroatoms. The van der Waals surface area contributed by atoms with Crippen LogP contribution in [0.25, 0.3) is 6.08 Å². The number of aryl methyl sites for hydroxylation is 2. The molecule has 3 aromatic rings. The van der Waals surface area contributed by atoms with Crippen LogP contribution in [0.4, 0.5) is 17.1 Å². The summed E-state index contributed by atoms with van der Waals surface area (Å²) < 4.78 is 0. The van der Waals surface area contributed by atoms with Crippen molar-refractivity contribution in [3.8, 4) is 5.75 Å². The van der Waals surface area contributed by atoms with Gasteiger partial charge in [0.1, 0.15) is 5.75 Å². The van der Waals surface area contributed by atoms with Crippen LogP contribution >= 0.6 is 0 Å². The molecule has 5 rings (SSSR count). The number of hydrogen-bond donors (Lipinski definition) is 4. The summed E-state index contributed by atoms with van der Waals surface area (Å²) in [5.41, 5.74) is 7.63. The van der Waals surface area contributed by atoms with Gasteiger partial charge in [0.05, 0.1) is 30.2 Å². The summed E-state index contributed by atoms with van der Waals surface area (Å²) >= 11 is 0. The van der Waals surface area contributed by atoms with E-state index in [4.69, 9.17) is 0 Å². The number of nitrogens with one attached hydrogen (secondary N) is 1. The molecule has 0 saturated carbocycles. The molecule has 2 aliphatic rings. The number of hydrogen-bond acceptors (Lipinski definition) is 6. The zero-order valence-corrected chi connectivity index (χ0v) is 25.9. The quantitative estimate of drug-likeness (QED) is 0.151. The minimum absolute atomic E-state index is 0.259. The summed E-state index contributed by atoms with van der Waals surface area (Å²) in [7, 11) is 0. The summed E-state index contributed by atoms with van der Waals surface area (Å²) in [6.45, 7) is 7.42. The van der Waals surface area contributed by atoms with Crippen molar-refractivity contribution >= 4 is 35.0 Å². The number of imide groups is 1. The fraction of sp³-hybridized carbons (Fsp3) is 0.351. The number of amides is 2. The Hall–Kier alpha value is -4.20. The Morgan fingerprint density at radius 2 is 1.61 bits per heavy atom. The van der Waals surface area contributed by atoms with E-state index in [-0.39, 0.29) is 18.4 Å². The molecular formula is C37H42N2O5. The predicted molar refractivity (Wildman–Crippen MR) is 175 cm³/mol. The lowest BCUT2D eigenvalue weighted by molar-refractivity contribution is -0.123. The van der Waals surface area contributed by atoms with Crippen LogP contribution in [-0.4, -0.2) is 39.8 Å². The van der Waals surface area contributed by atoms with Crippen LogP contribution in [-0.2, 0) is 9.59 Å². The predicted octanol–water partition coefficient (Wildman–Crippen LogP) is 6.82. The first-order chi connectivity index (χ1) is 21.1. The minimum Gasteiger partial charge on any atom is -0.507 e. The number of anilines is 3. The Morgan fingerprint density at radius 1 is 0.977 bits per heavy atom. The number of phenolic OH excluding ortho intramolecular Hbond substituents is 1. The maximum Gasteiger partial charge on any atom is 0.238 e. The lowest BCUT2D eigenvalue weighted by Crippen LogP contribution is -2.38. The number of aliphatic hydroxyl groups is 2. The molecule has 1 aliphatic heterocycles. The van der Waals surface area contributed by atoms with E-state index < -0.39 is 23.9 Å². The van der Waals surface area contributed by atoms with Gasteiger partial charge >= 0.3 is 0 Å². The number of carbonyl (C=O) groups is 2. The highest BCUT2D eigenvalue weighted by Gasteiger charge is 2.54. The zero-order chi connectivity index (χ0) is 31.5. The average Bonchev–Trinajstić information content (AvgIpc) is 3.26. The third-order valence-electron chi connectivity index (χ3n) is 9.15. The lowest BCUT2D eigenvalue weighted by atomic mass is 9.68. The maximum atomic E-state index is 13.8. The Morgan fingerprint density at radius 3 is 2.23 bits per heavy atom. The van der Waals surface area contributed by atoms with Gasteiger partial charge in [-0.2, -0.15) is 0 Å². The highest BCUT2D eigenvalue weighted by Crippen LogP contribution is 2.47. The normalized spacial score (nSPS) is 21.1. The molecule has 1 fully saturated rings. The molecule has 2 amide bonds. The van der Waals surface area contributed by atoms with Crippen LogP contribution in [0.2, 0.25) is 0 Å². The van der Waals surface area contributed by atoms with Gasteiger partial charge in [0.25, 0.3) is 0 Å². The van der Waals surface area contributed by atoms with Crippen LogP contribution in [0.1, 0.15) is 56.2 Å². The topological polar surface area (TPSA) is 110 Å². The molecule has 0 spiro atoms. The molecule has 1 heterocycles. The van der Waals surface area contributed by atoms with Crippen LogP contribution in [0, 0.1) is 31.6 Å². The fourth-order valence-corrected chi connectivity index (χ4v) is 6.89. The van der Waals surface area contributed by atoms with E-state index in [0.29, 0.717) is 36.3 Å². The molecule has 7 nitrogen and oxygen atoms in total. The molecule has 0 radical (unpaired) electrons. The molecule has 1 saturated heterocycles. The molecule has 0 bridgehead atoms. The molecule has 0 unspecified atom stereocenters. The van der Waals surface area contributed by atoms with E-state index in [0.717, 1.165) is 45.6 Å². The highest BCUT2D eigenvalue weighted by atomic mass is 16.3. The first-order valence-electron chi connectivity index (χ1n) is 15.4. The lowest BCUT2D eigenvalue weighted by Gasteiger charge is -2.35. The summed E-state index contributed by atoms with van der Waals surface area (Å²) in [6.07, 6.45) is 3.53. The van der Waals surface area contributed by atoms with Gasteiger partial charge in [0.2, 0.25) is 11.8 Å². The Labute approximate surface area is 259 Å². The van der Waals surface area contributed by atoms with Gasteiger partial charge in [0, 0.05) is 17.3 Å². The van der Waals surface area contributed by atoms with Gasteiger partial charge in [-0.15, -0.1) is 0 Å². The summed E-state index contributed by atoms with van der Waals surface area (Å²) in [4.78, 5) is 28.7. The number of para-hydroxylation sites is 1. The Bertz CT molecular complexity index is 1570. The van der Waals surface area contributed by atoms with Crippen molar-refractivity contribution in [1.29, 1.82) is 0 Å². The van der Waals surface area contributed by atoms with Crippen LogP contribution in [0.15, 0.2) is 83.4 Å². The average molecular weight is 595 g/mol. The number of rotatable bonds is 10. The smallest absolute Gasteiger partial charge is 0.238 e. The molecule has 1 aliphatic carbocycles. The van der Waals surface area contributed by atoms with Crippen molar-refractivity contribution < 1.29 is 24.9 Å². The van der Waals surface area contributed by atoms with Gasteiger partial charge in [-0.1, -0.05) is 42.3 Å². The number of nitrogens with zero attached hydrogens (tertiary/aromatic N) is 1. The molecule has 4 atom stereocenters. The fourth-order valence-electron chi connectivity index (χ4n) is 6.89. The van der Waals surface area contributed by atoms with Crippen molar-refractivity contribution in [2.45, 2.75) is 59.5 Å². The van der Waals surface area contributed by atoms with E-state index in [9.17, 15) is 24.9 Å². The number of allylic oxidation sites excluding steroid dienone is 2. The Balaban J connectivity index is 1.31. The SMILES string of the molecule is CC/C(=C\c1cc(C)c(O)c(C)c1)CC[C@@H](O)C1=C(C)C[C@H]2C(=O)N(c3ccc(Nc4ccccc4)cc3)C(=O)[C@H]2[C@H]1CO. The number of benzene rings is 3. The van der Waals surface area contributed by atoms with Crippen LogP contribution in [0.5, 0.6) is 5.75 Å². The first-order valence-corrected chi connectivity index (χ1v) is 15.4. The molecule has 4 N–H and O–H groups in total. The monoisotopic (exact) mass is 594 g/mol. The molecule has 3 aromatic carbocycles. The van der Waals surface area contributed by atoms with Crippen LogP contribution < -0.4 is 10.2 Å². The van der Waals surface area contributed by atoms with Crippen LogP contribution in [0.3, 0.4) is 0 Å². The van der Waals surface area contributed by atoms with E-state index in [1.165, 1.54) is 4.90 Å². The van der Waals surface area contributed by atoms with Gasteiger partial charge in [-0.25, -0.2) is 0 Å². The van der Waals surface area contributed by atoms with Crippen molar-refractivity contribution in [1.82, 2.24) is 0 Å². The number of phenols is 1. The second-order valence-electron chi connectivity index (χ2n) is 12.1. The second-order valence-corrected chi connectivity index (χ2v) is 12.1. The summed E-state index contributed by atoms with van der Waals surface area (Å²) in [6, 6.07) is 20.8. The number of aromatic hydroxyl groups is 1. The molecule has 0 aromatic heterocycles. The van der Waals surface area contributed by atoms with E-state index in [2.05, 4.69) is 18.3 Å². The second kappa shape index (κ2) is 13.2.